The van der Waals surface area contributed by atoms with Crippen LogP contribution in [0.3, 0.4) is 0 Å². The van der Waals surface area contributed by atoms with Crippen molar-refractivity contribution in [3.05, 3.63) is 25.3 Å². The van der Waals surface area contributed by atoms with Gasteiger partial charge in [-0.25, -0.2) is 0 Å². The summed E-state index contributed by atoms with van der Waals surface area (Å²) >= 11 is 0. The molecule has 0 aromatic heterocycles. The van der Waals surface area contributed by atoms with Crippen LogP contribution in [0.25, 0.3) is 0 Å². The molecule has 1 aliphatic rings. The van der Waals surface area contributed by atoms with Crippen LogP contribution >= 0.6 is 0 Å². The molecule has 0 aliphatic carbocycles. The maximum Gasteiger partial charge on any atom is 0.237 e. The van der Waals surface area contributed by atoms with Crippen LogP contribution in [0.4, 0.5) is 0 Å². The molecule has 0 aromatic rings. The van der Waals surface area contributed by atoms with Crippen molar-refractivity contribution in [2.45, 2.75) is 12.8 Å². The average Bonchev–Trinajstić information content (AvgIpc) is 2.47. The van der Waals surface area contributed by atoms with Crippen molar-refractivity contribution in [2.24, 2.45) is 5.92 Å². The number of nitrogens with zero attached hydrogens (tertiary/aromatic N) is 2. The highest BCUT2D eigenvalue weighted by Gasteiger charge is 2.25. The standard InChI is InChI=1S/C15H25N3O2/c1-4-8-18(9-5-2)14(19)12-17-10-6-13(7-11-17)15(20)16-3/h4-5,13H,1-2,6-12H2,3H3,(H,16,20). The first-order valence-electron chi connectivity index (χ1n) is 7.05. The Morgan fingerprint density at radius 2 is 1.80 bits per heavy atom. The predicted molar refractivity (Wildman–Crippen MR) is 80.2 cm³/mol. The van der Waals surface area contributed by atoms with Crippen LogP contribution < -0.4 is 5.32 Å². The molecule has 0 spiro atoms. The average molecular weight is 279 g/mol. The number of piperidine rings is 1. The molecule has 0 radical (unpaired) electrons. The zero-order valence-electron chi connectivity index (χ0n) is 12.3. The van der Waals surface area contributed by atoms with Gasteiger partial charge in [-0.15, -0.1) is 13.2 Å². The van der Waals surface area contributed by atoms with Crippen molar-refractivity contribution in [3.8, 4) is 0 Å². The molecular formula is C15H25N3O2. The van der Waals surface area contributed by atoms with E-state index in [0.717, 1.165) is 25.9 Å². The van der Waals surface area contributed by atoms with Gasteiger partial charge < -0.3 is 10.2 Å². The highest BCUT2D eigenvalue weighted by Crippen LogP contribution is 2.17. The van der Waals surface area contributed by atoms with E-state index < -0.39 is 0 Å². The van der Waals surface area contributed by atoms with Crippen LogP contribution in [-0.4, -0.2) is 61.4 Å². The fourth-order valence-electron chi connectivity index (χ4n) is 2.44. The number of amides is 2. The van der Waals surface area contributed by atoms with Crippen molar-refractivity contribution in [1.29, 1.82) is 0 Å². The summed E-state index contributed by atoms with van der Waals surface area (Å²) in [5, 5.41) is 2.69. The number of likely N-dealkylation sites (tertiary alicyclic amines) is 1. The monoisotopic (exact) mass is 279 g/mol. The first-order chi connectivity index (χ1) is 9.62. The van der Waals surface area contributed by atoms with Gasteiger partial charge in [0.25, 0.3) is 0 Å². The quantitative estimate of drug-likeness (QED) is 0.696. The van der Waals surface area contributed by atoms with Crippen LogP contribution in [-0.2, 0) is 9.59 Å². The number of carbonyl (C=O) groups excluding carboxylic acids is 2. The van der Waals surface area contributed by atoms with Crippen molar-refractivity contribution < 1.29 is 9.59 Å². The number of rotatable bonds is 7. The molecule has 0 saturated carbocycles. The first-order valence-corrected chi connectivity index (χ1v) is 7.05. The molecule has 0 aromatic carbocycles. The van der Waals surface area contributed by atoms with Crippen LogP contribution in [0.2, 0.25) is 0 Å². The van der Waals surface area contributed by atoms with E-state index in [0.29, 0.717) is 19.6 Å². The van der Waals surface area contributed by atoms with E-state index in [-0.39, 0.29) is 17.7 Å². The van der Waals surface area contributed by atoms with Crippen molar-refractivity contribution in [2.75, 3.05) is 39.8 Å². The number of nitrogens with one attached hydrogen (secondary N) is 1. The molecule has 0 atom stereocenters. The van der Waals surface area contributed by atoms with Gasteiger partial charge in [-0.1, -0.05) is 12.2 Å². The van der Waals surface area contributed by atoms with Gasteiger partial charge in [0.1, 0.15) is 0 Å². The minimum atomic E-state index is 0.0863. The SMILES string of the molecule is C=CCN(CC=C)C(=O)CN1CCC(C(=O)NC)CC1. The summed E-state index contributed by atoms with van der Waals surface area (Å²) in [6.45, 7) is 10.4. The molecular weight excluding hydrogens is 254 g/mol. The van der Waals surface area contributed by atoms with Gasteiger partial charge in [0, 0.05) is 26.1 Å². The van der Waals surface area contributed by atoms with Crippen LogP contribution in [0.1, 0.15) is 12.8 Å². The first kappa shape index (κ1) is 16.4. The van der Waals surface area contributed by atoms with E-state index >= 15 is 0 Å². The third-order valence-electron chi connectivity index (χ3n) is 3.62. The predicted octanol–water partition coefficient (Wildman–Crippen LogP) is 0.645. The van der Waals surface area contributed by atoms with Gasteiger partial charge in [-0.3, -0.25) is 14.5 Å². The van der Waals surface area contributed by atoms with E-state index in [1.807, 2.05) is 0 Å². The lowest BCUT2D eigenvalue weighted by atomic mass is 9.96. The molecule has 1 N–H and O–H groups in total. The Morgan fingerprint density at radius 3 is 2.25 bits per heavy atom. The van der Waals surface area contributed by atoms with Crippen LogP contribution in [0.15, 0.2) is 25.3 Å². The Kier molecular flexibility index (Phi) is 7.01. The third kappa shape index (κ3) is 4.81. The highest BCUT2D eigenvalue weighted by atomic mass is 16.2. The lowest BCUT2D eigenvalue weighted by molar-refractivity contribution is -0.132. The van der Waals surface area contributed by atoms with E-state index in [1.54, 1.807) is 24.1 Å². The summed E-state index contributed by atoms with van der Waals surface area (Å²) in [5.74, 6) is 0.280. The lowest BCUT2D eigenvalue weighted by Gasteiger charge is -2.32. The Balaban J connectivity index is 2.42. The van der Waals surface area contributed by atoms with Gasteiger partial charge in [0.05, 0.1) is 6.54 Å². The van der Waals surface area contributed by atoms with Gasteiger partial charge in [0.15, 0.2) is 0 Å². The summed E-state index contributed by atoms with van der Waals surface area (Å²) in [4.78, 5) is 27.6. The molecule has 1 rings (SSSR count). The molecule has 2 amide bonds. The molecule has 5 heteroatoms. The van der Waals surface area contributed by atoms with E-state index in [1.165, 1.54) is 0 Å². The van der Waals surface area contributed by atoms with E-state index in [9.17, 15) is 9.59 Å². The number of hydrogen-bond donors (Lipinski definition) is 1. The minimum absolute atomic E-state index is 0.0863. The third-order valence-corrected chi connectivity index (χ3v) is 3.62. The smallest absolute Gasteiger partial charge is 0.237 e. The highest BCUT2D eigenvalue weighted by molar-refractivity contribution is 5.79. The number of hydrogen-bond acceptors (Lipinski definition) is 3. The summed E-state index contributed by atoms with van der Waals surface area (Å²) in [6, 6.07) is 0. The second-order valence-corrected chi connectivity index (χ2v) is 5.04. The molecule has 1 saturated heterocycles. The fraction of sp³-hybridized carbons (Fsp3) is 0.600. The molecule has 5 nitrogen and oxygen atoms in total. The molecule has 0 unspecified atom stereocenters. The molecule has 1 fully saturated rings. The summed E-state index contributed by atoms with van der Waals surface area (Å²) < 4.78 is 0. The van der Waals surface area contributed by atoms with Gasteiger partial charge in [0.2, 0.25) is 11.8 Å². The minimum Gasteiger partial charge on any atom is -0.359 e. The maximum absolute atomic E-state index is 12.2. The molecule has 20 heavy (non-hydrogen) atoms. The molecule has 0 bridgehead atoms. The molecule has 1 heterocycles. The van der Waals surface area contributed by atoms with Crippen LogP contribution in [0, 0.1) is 5.92 Å². The second kappa shape index (κ2) is 8.53. The topological polar surface area (TPSA) is 52.7 Å². The van der Waals surface area contributed by atoms with E-state index in [4.69, 9.17) is 0 Å². The second-order valence-electron chi connectivity index (χ2n) is 5.04. The Bertz CT molecular complexity index is 350. The summed E-state index contributed by atoms with van der Waals surface area (Å²) in [5.41, 5.74) is 0. The Morgan fingerprint density at radius 1 is 1.25 bits per heavy atom. The lowest BCUT2D eigenvalue weighted by Crippen LogP contribution is -2.45. The summed E-state index contributed by atoms with van der Waals surface area (Å²) in [7, 11) is 1.67. The normalized spacial score (nSPS) is 16.4. The maximum atomic E-state index is 12.2. The van der Waals surface area contributed by atoms with Crippen molar-refractivity contribution >= 4 is 11.8 Å². The zero-order valence-corrected chi connectivity index (χ0v) is 12.3. The molecule has 1 aliphatic heterocycles. The van der Waals surface area contributed by atoms with Crippen molar-refractivity contribution in [1.82, 2.24) is 15.1 Å². The number of carbonyl (C=O) groups is 2. The van der Waals surface area contributed by atoms with Crippen molar-refractivity contribution in [3.63, 3.8) is 0 Å². The van der Waals surface area contributed by atoms with Gasteiger partial charge >= 0.3 is 0 Å². The van der Waals surface area contributed by atoms with Gasteiger partial charge in [-0.05, 0) is 25.9 Å². The van der Waals surface area contributed by atoms with Crippen LogP contribution in [0.5, 0.6) is 0 Å². The Labute approximate surface area is 121 Å². The molecule has 112 valence electrons. The fourth-order valence-corrected chi connectivity index (χ4v) is 2.44. The zero-order chi connectivity index (χ0) is 15.0. The summed E-state index contributed by atoms with van der Waals surface area (Å²) in [6.07, 6.45) is 5.07. The van der Waals surface area contributed by atoms with Gasteiger partial charge in [-0.2, -0.15) is 0 Å². The largest absolute Gasteiger partial charge is 0.359 e. The Hall–Kier alpha value is -1.62. The van der Waals surface area contributed by atoms with E-state index in [2.05, 4.69) is 23.4 Å².